The van der Waals surface area contributed by atoms with Gasteiger partial charge in [0.1, 0.15) is 6.61 Å². The normalized spacial score (nSPS) is 43.2. The van der Waals surface area contributed by atoms with Crippen LogP contribution in [0.1, 0.15) is 38.5 Å². The fourth-order valence-corrected chi connectivity index (χ4v) is 4.80. The molecular formula is C14H20O3. The van der Waals surface area contributed by atoms with Crippen molar-refractivity contribution in [2.75, 3.05) is 6.61 Å². The number of rotatable bonds is 3. The van der Waals surface area contributed by atoms with Gasteiger partial charge < -0.3 is 9.84 Å². The van der Waals surface area contributed by atoms with E-state index in [0.717, 1.165) is 17.8 Å². The summed E-state index contributed by atoms with van der Waals surface area (Å²) in [4.78, 5) is 10.3. The van der Waals surface area contributed by atoms with Crippen LogP contribution in [0.5, 0.6) is 0 Å². The van der Waals surface area contributed by atoms with Crippen molar-refractivity contribution in [1.82, 2.24) is 0 Å². The SMILES string of the molecule is O=C(O)OCC=CC12CC3CC(CC(C3)C1)C2. The summed E-state index contributed by atoms with van der Waals surface area (Å²) < 4.78 is 4.54. The van der Waals surface area contributed by atoms with Crippen LogP contribution in [0.4, 0.5) is 4.79 Å². The highest BCUT2D eigenvalue weighted by atomic mass is 16.7. The van der Waals surface area contributed by atoms with Crippen LogP contribution in [0.15, 0.2) is 12.2 Å². The van der Waals surface area contributed by atoms with Crippen molar-refractivity contribution >= 4 is 6.16 Å². The monoisotopic (exact) mass is 236 g/mol. The number of hydrogen-bond donors (Lipinski definition) is 1. The Bertz CT molecular complexity index is 310. The minimum Gasteiger partial charge on any atom is -0.450 e. The molecule has 4 aliphatic carbocycles. The van der Waals surface area contributed by atoms with Gasteiger partial charge in [-0.2, -0.15) is 0 Å². The molecule has 0 atom stereocenters. The standard InChI is InChI=1S/C14H20O3/c15-13(16)17-3-1-2-14-7-10-4-11(8-14)6-12(5-10)9-14/h1-2,10-12H,3-9H2,(H,15,16). The van der Waals surface area contributed by atoms with E-state index in [0.29, 0.717) is 5.41 Å². The first kappa shape index (κ1) is 11.1. The number of allylic oxidation sites excluding steroid dienone is 1. The van der Waals surface area contributed by atoms with Gasteiger partial charge in [0.25, 0.3) is 0 Å². The van der Waals surface area contributed by atoms with Crippen molar-refractivity contribution in [2.24, 2.45) is 23.2 Å². The zero-order valence-electron chi connectivity index (χ0n) is 10.1. The van der Waals surface area contributed by atoms with Crippen LogP contribution in [0.2, 0.25) is 0 Å². The third-order valence-corrected chi connectivity index (χ3v) is 4.86. The summed E-state index contributed by atoms with van der Waals surface area (Å²) in [5, 5.41) is 8.42. The molecule has 4 rings (SSSR count). The van der Waals surface area contributed by atoms with Gasteiger partial charge in [-0.05, 0) is 61.7 Å². The summed E-state index contributed by atoms with van der Waals surface area (Å²) in [6.07, 6.45) is 11.3. The molecule has 3 nitrogen and oxygen atoms in total. The minimum absolute atomic E-state index is 0.205. The van der Waals surface area contributed by atoms with Crippen molar-refractivity contribution in [2.45, 2.75) is 38.5 Å². The molecule has 0 heterocycles. The molecular weight excluding hydrogens is 216 g/mol. The largest absolute Gasteiger partial charge is 0.506 e. The van der Waals surface area contributed by atoms with Crippen molar-refractivity contribution in [1.29, 1.82) is 0 Å². The van der Waals surface area contributed by atoms with Crippen LogP contribution in [0, 0.1) is 23.2 Å². The highest BCUT2D eigenvalue weighted by Crippen LogP contribution is 2.60. The van der Waals surface area contributed by atoms with Crippen molar-refractivity contribution in [3.63, 3.8) is 0 Å². The van der Waals surface area contributed by atoms with E-state index in [-0.39, 0.29) is 6.61 Å². The van der Waals surface area contributed by atoms with Gasteiger partial charge in [-0.3, -0.25) is 0 Å². The Balaban J connectivity index is 1.64. The Morgan fingerprint density at radius 3 is 2.18 bits per heavy atom. The lowest BCUT2D eigenvalue weighted by Crippen LogP contribution is -2.45. The summed E-state index contributed by atoms with van der Waals surface area (Å²) in [6.45, 7) is 0.205. The second-order valence-electron chi connectivity index (χ2n) is 6.26. The first-order valence-electron chi connectivity index (χ1n) is 6.69. The van der Waals surface area contributed by atoms with E-state index in [2.05, 4.69) is 10.8 Å². The lowest BCUT2D eigenvalue weighted by molar-refractivity contribution is -0.0240. The van der Waals surface area contributed by atoms with Gasteiger partial charge in [0.15, 0.2) is 0 Å². The Labute approximate surface area is 102 Å². The summed E-state index contributed by atoms with van der Waals surface area (Å²) in [6, 6.07) is 0. The van der Waals surface area contributed by atoms with Crippen molar-refractivity contribution < 1.29 is 14.6 Å². The number of carbonyl (C=O) groups is 1. The smallest absolute Gasteiger partial charge is 0.450 e. The van der Waals surface area contributed by atoms with E-state index in [1.807, 2.05) is 6.08 Å². The molecule has 0 saturated heterocycles. The van der Waals surface area contributed by atoms with Crippen LogP contribution in [-0.4, -0.2) is 17.9 Å². The first-order valence-corrected chi connectivity index (χ1v) is 6.69. The molecule has 4 fully saturated rings. The lowest BCUT2D eigenvalue weighted by Gasteiger charge is -2.55. The average molecular weight is 236 g/mol. The molecule has 17 heavy (non-hydrogen) atoms. The van der Waals surface area contributed by atoms with Gasteiger partial charge in [-0.15, -0.1) is 0 Å². The zero-order valence-corrected chi connectivity index (χ0v) is 10.1. The maximum atomic E-state index is 10.3. The molecule has 1 N–H and O–H groups in total. The maximum absolute atomic E-state index is 10.3. The van der Waals surface area contributed by atoms with Crippen molar-refractivity contribution in [3.05, 3.63) is 12.2 Å². The van der Waals surface area contributed by atoms with E-state index in [1.54, 1.807) is 0 Å². The molecule has 0 unspecified atom stereocenters. The van der Waals surface area contributed by atoms with E-state index in [9.17, 15) is 4.79 Å². The summed E-state index contributed by atoms with van der Waals surface area (Å²) in [5.74, 6) is 2.81. The maximum Gasteiger partial charge on any atom is 0.506 e. The third kappa shape index (κ3) is 2.20. The minimum atomic E-state index is -1.18. The van der Waals surface area contributed by atoms with Crippen LogP contribution in [-0.2, 0) is 4.74 Å². The molecule has 0 amide bonds. The molecule has 3 heteroatoms. The van der Waals surface area contributed by atoms with Gasteiger partial charge >= 0.3 is 6.16 Å². The molecule has 4 saturated carbocycles. The van der Waals surface area contributed by atoms with E-state index in [1.165, 1.54) is 38.5 Å². The van der Waals surface area contributed by atoms with E-state index < -0.39 is 6.16 Å². The van der Waals surface area contributed by atoms with Crippen LogP contribution < -0.4 is 0 Å². The van der Waals surface area contributed by atoms with E-state index in [4.69, 9.17) is 5.11 Å². The van der Waals surface area contributed by atoms with Gasteiger partial charge in [0.05, 0.1) is 0 Å². The van der Waals surface area contributed by atoms with Crippen LogP contribution >= 0.6 is 0 Å². The quantitative estimate of drug-likeness (QED) is 0.603. The predicted molar refractivity (Wildman–Crippen MR) is 63.7 cm³/mol. The Morgan fingerprint density at radius 2 is 1.71 bits per heavy atom. The van der Waals surface area contributed by atoms with Crippen molar-refractivity contribution in [3.8, 4) is 0 Å². The second-order valence-corrected chi connectivity index (χ2v) is 6.26. The van der Waals surface area contributed by atoms with Crippen LogP contribution in [0.3, 0.4) is 0 Å². The molecule has 0 aliphatic heterocycles. The third-order valence-electron chi connectivity index (χ3n) is 4.86. The number of carboxylic acid groups (broad SMARTS) is 1. The van der Waals surface area contributed by atoms with E-state index >= 15 is 0 Å². The molecule has 0 aromatic heterocycles. The average Bonchev–Trinajstić information content (AvgIpc) is 2.22. The number of hydrogen-bond acceptors (Lipinski definition) is 2. The topological polar surface area (TPSA) is 46.5 Å². The first-order chi connectivity index (χ1) is 8.15. The highest BCUT2D eigenvalue weighted by Gasteiger charge is 2.49. The summed E-state index contributed by atoms with van der Waals surface area (Å²) >= 11 is 0. The predicted octanol–water partition coefficient (Wildman–Crippen LogP) is 3.45. The summed E-state index contributed by atoms with van der Waals surface area (Å²) in [7, 11) is 0. The second kappa shape index (κ2) is 4.04. The fraction of sp³-hybridized carbons (Fsp3) is 0.786. The van der Waals surface area contributed by atoms with Gasteiger partial charge in [0, 0.05) is 0 Å². The Morgan fingerprint density at radius 1 is 1.18 bits per heavy atom. The molecule has 0 aromatic rings. The molecule has 94 valence electrons. The highest BCUT2D eigenvalue weighted by molar-refractivity contribution is 5.56. The summed E-state index contributed by atoms with van der Waals surface area (Å²) in [5.41, 5.74) is 0.386. The Hall–Kier alpha value is -0.990. The fourth-order valence-electron chi connectivity index (χ4n) is 4.80. The molecule has 0 radical (unpaired) electrons. The number of ether oxygens (including phenoxy) is 1. The van der Waals surface area contributed by atoms with Gasteiger partial charge in [0.2, 0.25) is 0 Å². The lowest BCUT2D eigenvalue weighted by atomic mass is 9.49. The van der Waals surface area contributed by atoms with Gasteiger partial charge in [-0.1, -0.05) is 12.2 Å². The molecule has 0 spiro atoms. The molecule has 0 aromatic carbocycles. The Kier molecular flexibility index (Phi) is 2.64. The van der Waals surface area contributed by atoms with Crippen LogP contribution in [0.25, 0.3) is 0 Å². The molecule has 4 bridgehead atoms. The zero-order chi connectivity index (χ0) is 11.9. The van der Waals surface area contributed by atoms with Gasteiger partial charge in [-0.25, -0.2) is 4.79 Å². The molecule has 4 aliphatic rings.